The molecule has 31 heteroatoms. The quantitative estimate of drug-likeness (QED) is 0.0568. The van der Waals surface area contributed by atoms with Crippen molar-refractivity contribution in [3.63, 3.8) is 0 Å². The maximum Gasteiger partial charge on any atom is 0.359 e. The summed E-state index contributed by atoms with van der Waals surface area (Å²) in [7, 11) is 1.12. The molecule has 0 radical (unpaired) electrons. The van der Waals surface area contributed by atoms with Crippen LogP contribution in [0.25, 0.3) is 11.4 Å². The van der Waals surface area contributed by atoms with E-state index in [-0.39, 0.29) is 21.7 Å². The second-order valence-electron chi connectivity index (χ2n) is 15.3. The minimum atomic E-state index is -1.02. The van der Waals surface area contributed by atoms with E-state index in [2.05, 4.69) is 52.5 Å². The molecule has 72 heavy (non-hydrogen) atoms. The van der Waals surface area contributed by atoms with Crippen LogP contribution in [0.4, 0.5) is 37.1 Å². The highest BCUT2D eigenvalue weighted by molar-refractivity contribution is 7.80. The molecule has 6 aromatic rings. The molecule has 8 rings (SSSR count). The lowest BCUT2D eigenvalue weighted by Gasteiger charge is -2.31. The summed E-state index contributed by atoms with van der Waals surface area (Å²) in [5.41, 5.74) is 13.7. The van der Waals surface area contributed by atoms with Gasteiger partial charge in [0.1, 0.15) is 5.54 Å². The number of anilines is 4. The summed E-state index contributed by atoms with van der Waals surface area (Å²) < 4.78 is 4.04. The number of aliphatic hydroxyl groups is 2. The molecule has 4 aromatic carbocycles. The lowest BCUT2D eigenvalue weighted by atomic mass is 10.0. The largest absolute Gasteiger partial charge is 0.506 e. The number of tetrazole rings is 1. The number of hydrogen-bond acceptors (Lipinski definition) is 16. The first-order chi connectivity index (χ1) is 34.2. The van der Waals surface area contributed by atoms with E-state index < -0.39 is 47.1 Å². The van der Waals surface area contributed by atoms with E-state index in [1.54, 1.807) is 91.2 Å². The number of amides is 9. The lowest BCUT2D eigenvalue weighted by Crippen LogP contribution is -2.46. The molecule has 0 saturated carbocycles. The SMILES string of the molecule is CC1(C)C(O)=C(O)C(=O)N1c1ccc(-n2[nH]nnc2=S)cc1.CN(O)C(=O)NNC(=O)c1cccc(-n2c(=S)[nH][nH]c2=S)c1.O=C(NO)NNC(=O)c1cccc(NC(=O)Nc2ccc3c(c2)NC(=S)C3)c1. The van der Waals surface area contributed by atoms with Crippen molar-refractivity contribution in [2.75, 3.05) is 27.9 Å². The van der Waals surface area contributed by atoms with E-state index in [0.717, 1.165) is 23.3 Å². The number of nitrogens with one attached hydrogen (secondary N) is 11. The third kappa shape index (κ3) is 12.5. The average molecular weight is 1060 g/mol. The first kappa shape index (κ1) is 52.5. The zero-order valence-electron chi connectivity index (χ0n) is 37.4. The van der Waals surface area contributed by atoms with Gasteiger partial charge in [-0.05, 0) is 129 Å². The smallest absolute Gasteiger partial charge is 0.359 e. The van der Waals surface area contributed by atoms with E-state index in [9.17, 15) is 39.0 Å². The Hall–Kier alpha value is -8.88. The summed E-state index contributed by atoms with van der Waals surface area (Å²) in [6, 6.07) is 22.5. The molecule has 0 spiro atoms. The van der Waals surface area contributed by atoms with E-state index >= 15 is 0 Å². The van der Waals surface area contributed by atoms with Gasteiger partial charge in [-0.15, -0.1) is 0 Å². The van der Waals surface area contributed by atoms with Gasteiger partial charge < -0.3 is 26.2 Å². The molecule has 9 amide bonds. The van der Waals surface area contributed by atoms with Crippen molar-refractivity contribution in [3.8, 4) is 11.4 Å². The highest BCUT2D eigenvalue weighted by Gasteiger charge is 2.47. The summed E-state index contributed by atoms with van der Waals surface area (Å²) in [6.45, 7) is 3.29. The molecular formula is C41H41N17O10S4. The number of aliphatic hydroxyl groups excluding tert-OH is 2. The molecule has 15 N–H and O–H groups in total. The van der Waals surface area contributed by atoms with Crippen LogP contribution in [0.3, 0.4) is 0 Å². The molecule has 27 nitrogen and oxygen atoms in total. The molecule has 0 bridgehead atoms. The van der Waals surface area contributed by atoms with Crippen LogP contribution < -0.4 is 48.0 Å². The highest BCUT2D eigenvalue weighted by atomic mass is 32.1. The summed E-state index contributed by atoms with van der Waals surface area (Å²) in [6.07, 6.45) is 0.681. The van der Waals surface area contributed by atoms with E-state index in [1.807, 2.05) is 16.9 Å². The number of hydrazine groups is 2. The van der Waals surface area contributed by atoms with Gasteiger partial charge >= 0.3 is 18.1 Å². The van der Waals surface area contributed by atoms with E-state index in [0.29, 0.717) is 49.5 Å². The number of carbonyl (C=O) groups is 6. The van der Waals surface area contributed by atoms with Gasteiger partial charge in [0.05, 0.1) is 16.4 Å². The highest BCUT2D eigenvalue weighted by Crippen LogP contribution is 2.37. The summed E-state index contributed by atoms with van der Waals surface area (Å²) in [5.74, 6) is -2.81. The molecule has 0 aliphatic carbocycles. The molecule has 0 fully saturated rings. The zero-order chi connectivity index (χ0) is 52.4. The van der Waals surface area contributed by atoms with Gasteiger partial charge in [0.15, 0.2) is 15.3 Å². The number of aromatic nitrogens is 7. The number of hydroxylamine groups is 3. The number of urea groups is 3. The van der Waals surface area contributed by atoms with Crippen LogP contribution in [-0.2, 0) is 11.2 Å². The first-order valence-corrected chi connectivity index (χ1v) is 22.0. The normalized spacial score (nSPS) is 12.9. The molecule has 0 saturated heterocycles. The minimum absolute atomic E-state index is 0.186. The van der Waals surface area contributed by atoms with Crippen molar-refractivity contribution in [1.29, 1.82) is 0 Å². The number of H-pyrrole nitrogens is 3. The number of rotatable bonds is 7. The maximum atomic E-state index is 12.2. The monoisotopic (exact) mass is 1060 g/mol. The van der Waals surface area contributed by atoms with Gasteiger partial charge in [-0.3, -0.25) is 55.3 Å². The van der Waals surface area contributed by atoms with Crippen LogP contribution in [0.1, 0.15) is 40.1 Å². The molecule has 2 aromatic heterocycles. The number of thiocarbonyl (C=S) groups is 1. The first-order valence-electron chi connectivity index (χ1n) is 20.4. The summed E-state index contributed by atoms with van der Waals surface area (Å²) >= 11 is 20.3. The molecule has 0 unspecified atom stereocenters. The van der Waals surface area contributed by atoms with Crippen LogP contribution in [0.15, 0.2) is 103 Å². The van der Waals surface area contributed by atoms with Crippen molar-refractivity contribution in [3.05, 3.63) is 134 Å². The number of fused-ring (bicyclic) bond motifs is 1. The fourth-order valence-corrected chi connectivity index (χ4v) is 7.55. The Balaban J connectivity index is 0.000000178. The Kier molecular flexibility index (Phi) is 16.5. The molecular weight excluding hydrogens is 1020 g/mol. The molecule has 374 valence electrons. The van der Waals surface area contributed by atoms with Crippen LogP contribution in [-0.4, -0.2) is 114 Å². The van der Waals surface area contributed by atoms with Crippen molar-refractivity contribution in [2.24, 2.45) is 0 Å². The third-order valence-electron chi connectivity index (χ3n) is 10.00. The average Bonchev–Trinajstić information content (AvgIpc) is 4.10. The van der Waals surface area contributed by atoms with Crippen LogP contribution in [0.2, 0.25) is 0 Å². The number of aromatic amines is 3. The van der Waals surface area contributed by atoms with Crippen molar-refractivity contribution < 1.29 is 49.4 Å². The van der Waals surface area contributed by atoms with Crippen molar-refractivity contribution >= 4 is 112 Å². The van der Waals surface area contributed by atoms with Crippen LogP contribution in [0.5, 0.6) is 0 Å². The Bertz CT molecular complexity index is 3280. The third-order valence-corrected chi connectivity index (χ3v) is 11.1. The van der Waals surface area contributed by atoms with E-state index in [4.69, 9.17) is 59.3 Å². The minimum Gasteiger partial charge on any atom is -0.506 e. The standard InChI is InChI=1S/C17H16N6O4S.C13H13N5O3S.C11H12N6O3S2/c24-15(21-22-17(26)23-27)10-2-1-3-11(6-10)18-16(25)19-12-5-4-9-7-14(28)20-13(9)8-12;1-13(2)10(20)9(19)11(21)17(13)7-3-5-8(6-4-7)18-12(22)14-15-16-18;1-16(20)9(19)13-12-8(18)6-3-2-4-7(5-6)17-10(21)14-15-11(17)22/h1-6,8,27H,7H2,(H,20,28)(H,21,24)(H2,18,19,25)(H2,22,23,26);3-6,19-20H,1-2H3,(H,14,16,22);2-5,20H,1H3,(H,12,18)(H,13,19)(H,14,21)(H,15,22). The number of hydrogen-bond donors (Lipinski definition) is 15. The summed E-state index contributed by atoms with van der Waals surface area (Å²) in [5, 5.41) is 60.8. The van der Waals surface area contributed by atoms with Gasteiger partial charge in [-0.2, -0.15) is 5.21 Å². The fourth-order valence-electron chi connectivity index (χ4n) is 6.55. The molecule has 0 atom stereocenters. The van der Waals surface area contributed by atoms with Gasteiger partial charge in [-0.25, -0.2) is 40.5 Å². The van der Waals surface area contributed by atoms with Gasteiger partial charge in [0, 0.05) is 47.3 Å². The van der Waals surface area contributed by atoms with Crippen LogP contribution >= 0.6 is 48.9 Å². The fraction of sp³-hybridized carbons (Fsp3) is 0.122. The predicted octanol–water partition coefficient (Wildman–Crippen LogP) is 5.00. The van der Waals surface area contributed by atoms with E-state index in [1.165, 1.54) is 27.2 Å². The Morgan fingerprint density at radius 1 is 0.736 bits per heavy atom. The predicted molar refractivity (Wildman–Crippen MR) is 268 cm³/mol. The molecule has 2 aliphatic heterocycles. The van der Waals surface area contributed by atoms with Gasteiger partial charge in [0.2, 0.25) is 10.5 Å². The van der Waals surface area contributed by atoms with Crippen LogP contribution in [0, 0.1) is 14.3 Å². The van der Waals surface area contributed by atoms with Gasteiger partial charge in [0.25, 0.3) is 17.7 Å². The number of carbonyl (C=O) groups excluding carboxylic acids is 6. The maximum absolute atomic E-state index is 12.2. The number of benzene rings is 4. The molecule has 4 heterocycles. The zero-order valence-corrected chi connectivity index (χ0v) is 40.7. The summed E-state index contributed by atoms with van der Waals surface area (Å²) in [4.78, 5) is 72.3. The molecule has 2 aliphatic rings. The Morgan fingerprint density at radius 2 is 1.33 bits per heavy atom. The van der Waals surface area contributed by atoms with Gasteiger partial charge in [-0.1, -0.05) is 40.7 Å². The lowest BCUT2D eigenvalue weighted by molar-refractivity contribution is -0.117. The van der Waals surface area contributed by atoms with Crippen molar-refractivity contribution in [1.82, 2.24) is 67.2 Å². The topological polar surface area (TPSA) is 369 Å². The number of nitrogens with zero attached hydrogens (tertiary/aromatic N) is 6. The second-order valence-corrected chi connectivity index (χ2v) is 16.9. The Morgan fingerprint density at radius 3 is 1.92 bits per heavy atom. The second kappa shape index (κ2) is 22.7. The van der Waals surface area contributed by atoms with Crippen molar-refractivity contribution in [2.45, 2.75) is 25.8 Å². The Labute approximate surface area is 425 Å².